The number of carbonyl (C=O) groups is 1. The van der Waals surface area contributed by atoms with Crippen molar-refractivity contribution in [3.05, 3.63) is 34.1 Å². The second kappa shape index (κ2) is 6.08. The van der Waals surface area contributed by atoms with Crippen molar-refractivity contribution < 1.29 is 9.53 Å². The fourth-order valence-electron chi connectivity index (χ4n) is 1.40. The second-order valence-corrected chi connectivity index (χ2v) is 5.30. The fourth-order valence-corrected chi connectivity index (χ4v) is 2.53. The summed E-state index contributed by atoms with van der Waals surface area (Å²) in [5, 5.41) is 5.16. The van der Waals surface area contributed by atoms with Crippen LogP contribution in [0.4, 0.5) is 5.13 Å². The molecule has 0 aliphatic rings. The van der Waals surface area contributed by atoms with Gasteiger partial charge in [-0.2, -0.15) is 0 Å². The molecule has 18 heavy (non-hydrogen) atoms. The van der Waals surface area contributed by atoms with E-state index in [4.69, 9.17) is 4.74 Å². The van der Waals surface area contributed by atoms with Gasteiger partial charge in [0.2, 0.25) is 0 Å². The van der Waals surface area contributed by atoms with E-state index in [1.165, 1.54) is 18.4 Å². The molecule has 4 nitrogen and oxygen atoms in total. The quantitative estimate of drug-likeness (QED) is 0.938. The zero-order chi connectivity index (χ0) is 13.0. The Bertz CT molecular complexity index is 557. The van der Waals surface area contributed by atoms with E-state index in [1.807, 2.05) is 29.6 Å². The number of hydrogen-bond acceptors (Lipinski definition) is 4. The maximum atomic E-state index is 11.3. The summed E-state index contributed by atoms with van der Waals surface area (Å²) in [4.78, 5) is 15.7. The van der Waals surface area contributed by atoms with E-state index in [0.717, 1.165) is 15.7 Å². The number of thiazole rings is 1. The van der Waals surface area contributed by atoms with Crippen LogP contribution in [0.1, 0.15) is 0 Å². The number of amides is 1. The molecule has 0 atom stereocenters. The Labute approximate surface area is 117 Å². The van der Waals surface area contributed by atoms with Gasteiger partial charge in [0.1, 0.15) is 6.61 Å². The number of methoxy groups -OCH3 is 1. The van der Waals surface area contributed by atoms with Gasteiger partial charge in [-0.25, -0.2) is 4.98 Å². The first-order chi connectivity index (χ1) is 8.69. The van der Waals surface area contributed by atoms with Gasteiger partial charge in [0.25, 0.3) is 5.91 Å². The van der Waals surface area contributed by atoms with Gasteiger partial charge in [0.05, 0.1) is 5.69 Å². The van der Waals surface area contributed by atoms with Gasteiger partial charge >= 0.3 is 0 Å². The van der Waals surface area contributed by atoms with Crippen LogP contribution < -0.4 is 5.32 Å². The summed E-state index contributed by atoms with van der Waals surface area (Å²) < 4.78 is 5.74. The van der Waals surface area contributed by atoms with E-state index < -0.39 is 0 Å². The molecule has 2 rings (SSSR count). The molecule has 94 valence electrons. The number of aromatic nitrogens is 1. The molecule has 0 spiro atoms. The highest BCUT2D eigenvalue weighted by molar-refractivity contribution is 9.10. The molecular formula is C12H11BrN2O2S. The van der Waals surface area contributed by atoms with Crippen LogP contribution in [-0.2, 0) is 9.53 Å². The van der Waals surface area contributed by atoms with E-state index in [-0.39, 0.29) is 12.5 Å². The Kier molecular flexibility index (Phi) is 4.46. The van der Waals surface area contributed by atoms with E-state index >= 15 is 0 Å². The molecule has 1 N–H and O–H groups in total. The Balaban J connectivity index is 2.13. The van der Waals surface area contributed by atoms with Crippen molar-refractivity contribution in [2.75, 3.05) is 19.0 Å². The van der Waals surface area contributed by atoms with Gasteiger partial charge in [-0.1, -0.05) is 28.1 Å². The molecule has 1 aromatic carbocycles. The zero-order valence-corrected chi connectivity index (χ0v) is 12.0. The SMILES string of the molecule is COCC(=O)Nc1nc(-c2cccc(Br)c2)cs1. The number of nitrogens with zero attached hydrogens (tertiary/aromatic N) is 1. The van der Waals surface area contributed by atoms with E-state index in [9.17, 15) is 4.79 Å². The standard InChI is InChI=1S/C12H11BrN2O2S/c1-17-6-11(16)15-12-14-10(7-18-12)8-3-2-4-9(13)5-8/h2-5,7H,6H2,1H3,(H,14,15,16). The maximum Gasteiger partial charge on any atom is 0.252 e. The lowest BCUT2D eigenvalue weighted by atomic mass is 10.2. The smallest absolute Gasteiger partial charge is 0.252 e. The molecule has 0 aliphatic carbocycles. The number of ether oxygens (including phenoxy) is 1. The van der Waals surface area contributed by atoms with Gasteiger partial charge < -0.3 is 4.74 Å². The second-order valence-electron chi connectivity index (χ2n) is 3.53. The van der Waals surface area contributed by atoms with Crippen molar-refractivity contribution in [1.82, 2.24) is 4.98 Å². The molecule has 0 bridgehead atoms. The molecule has 2 aromatic rings. The Hall–Kier alpha value is -1.24. The molecule has 0 fully saturated rings. The van der Waals surface area contributed by atoms with Gasteiger partial charge in [-0.15, -0.1) is 11.3 Å². The van der Waals surface area contributed by atoms with Crippen LogP contribution in [0, 0.1) is 0 Å². The molecule has 0 unspecified atom stereocenters. The van der Waals surface area contributed by atoms with E-state index in [2.05, 4.69) is 26.2 Å². The van der Waals surface area contributed by atoms with E-state index in [1.54, 1.807) is 0 Å². The van der Waals surface area contributed by atoms with Crippen LogP contribution in [0.15, 0.2) is 34.1 Å². The van der Waals surface area contributed by atoms with E-state index in [0.29, 0.717) is 5.13 Å². The monoisotopic (exact) mass is 326 g/mol. The highest BCUT2D eigenvalue weighted by atomic mass is 79.9. The number of hydrogen-bond donors (Lipinski definition) is 1. The maximum absolute atomic E-state index is 11.3. The van der Waals surface area contributed by atoms with Crippen molar-refractivity contribution >= 4 is 38.3 Å². The highest BCUT2D eigenvalue weighted by Crippen LogP contribution is 2.26. The highest BCUT2D eigenvalue weighted by Gasteiger charge is 2.07. The topological polar surface area (TPSA) is 51.2 Å². The minimum atomic E-state index is -0.201. The summed E-state index contributed by atoms with van der Waals surface area (Å²) in [5.74, 6) is -0.201. The van der Waals surface area contributed by atoms with Crippen LogP contribution in [-0.4, -0.2) is 24.6 Å². The summed E-state index contributed by atoms with van der Waals surface area (Å²) in [6.45, 7) is 0.0335. The molecule has 0 saturated carbocycles. The Morgan fingerprint density at radius 3 is 3.11 bits per heavy atom. The number of anilines is 1. The summed E-state index contributed by atoms with van der Waals surface area (Å²) in [6, 6.07) is 7.86. The molecule has 1 heterocycles. The summed E-state index contributed by atoms with van der Waals surface area (Å²) >= 11 is 4.81. The predicted molar refractivity (Wildman–Crippen MR) is 75.8 cm³/mol. The van der Waals surface area contributed by atoms with Gasteiger partial charge in [-0.3, -0.25) is 10.1 Å². The lowest BCUT2D eigenvalue weighted by molar-refractivity contribution is -0.119. The molecular weight excluding hydrogens is 316 g/mol. The minimum absolute atomic E-state index is 0.0335. The third kappa shape index (κ3) is 3.38. The van der Waals surface area contributed by atoms with Gasteiger partial charge in [0, 0.05) is 22.5 Å². The Morgan fingerprint density at radius 1 is 1.56 bits per heavy atom. The minimum Gasteiger partial charge on any atom is -0.375 e. The van der Waals surface area contributed by atoms with Gasteiger partial charge in [0.15, 0.2) is 5.13 Å². The molecule has 6 heteroatoms. The van der Waals surface area contributed by atoms with Crippen LogP contribution in [0.2, 0.25) is 0 Å². The fraction of sp³-hybridized carbons (Fsp3) is 0.167. The third-order valence-corrected chi connectivity index (χ3v) is 3.40. The first-order valence-corrected chi connectivity index (χ1v) is 6.86. The first-order valence-electron chi connectivity index (χ1n) is 5.19. The summed E-state index contributed by atoms with van der Waals surface area (Å²) in [5.41, 5.74) is 1.85. The number of halogens is 1. The van der Waals surface area contributed by atoms with Crippen molar-refractivity contribution in [2.24, 2.45) is 0 Å². The largest absolute Gasteiger partial charge is 0.375 e. The lowest BCUT2D eigenvalue weighted by Crippen LogP contribution is -2.16. The Morgan fingerprint density at radius 2 is 2.39 bits per heavy atom. The number of rotatable bonds is 4. The summed E-state index contributed by atoms with van der Waals surface area (Å²) in [6.07, 6.45) is 0. The van der Waals surface area contributed by atoms with Crippen molar-refractivity contribution in [3.63, 3.8) is 0 Å². The third-order valence-electron chi connectivity index (χ3n) is 2.15. The number of carbonyl (C=O) groups excluding carboxylic acids is 1. The zero-order valence-electron chi connectivity index (χ0n) is 9.64. The number of nitrogens with one attached hydrogen (secondary N) is 1. The molecule has 0 saturated heterocycles. The average Bonchev–Trinajstić information content (AvgIpc) is 2.78. The normalized spacial score (nSPS) is 10.3. The van der Waals surface area contributed by atoms with Crippen LogP contribution >= 0.6 is 27.3 Å². The van der Waals surface area contributed by atoms with Crippen LogP contribution in [0.5, 0.6) is 0 Å². The lowest BCUT2D eigenvalue weighted by Gasteiger charge is -1.99. The van der Waals surface area contributed by atoms with Gasteiger partial charge in [-0.05, 0) is 12.1 Å². The van der Waals surface area contributed by atoms with Crippen molar-refractivity contribution in [3.8, 4) is 11.3 Å². The average molecular weight is 327 g/mol. The first kappa shape index (κ1) is 13.2. The van der Waals surface area contributed by atoms with Crippen molar-refractivity contribution in [1.29, 1.82) is 0 Å². The van der Waals surface area contributed by atoms with Crippen molar-refractivity contribution in [2.45, 2.75) is 0 Å². The summed E-state index contributed by atoms with van der Waals surface area (Å²) in [7, 11) is 1.48. The molecule has 0 radical (unpaired) electrons. The predicted octanol–water partition coefficient (Wildman–Crippen LogP) is 3.16. The van der Waals surface area contributed by atoms with Crippen LogP contribution in [0.3, 0.4) is 0 Å². The molecule has 0 aliphatic heterocycles. The number of benzene rings is 1. The molecule has 1 amide bonds. The van der Waals surface area contributed by atoms with Crippen LogP contribution in [0.25, 0.3) is 11.3 Å². The molecule has 1 aromatic heterocycles.